The van der Waals surface area contributed by atoms with Crippen molar-refractivity contribution in [1.29, 1.82) is 0 Å². The van der Waals surface area contributed by atoms with Gasteiger partial charge in [-0.1, -0.05) is 0 Å². The van der Waals surface area contributed by atoms with E-state index in [2.05, 4.69) is 37.7 Å². The summed E-state index contributed by atoms with van der Waals surface area (Å²) in [5.74, 6) is 0. The molecule has 0 bridgehead atoms. The summed E-state index contributed by atoms with van der Waals surface area (Å²) in [7, 11) is 0. The van der Waals surface area contributed by atoms with Crippen molar-refractivity contribution >= 4 is 38.6 Å². The van der Waals surface area contributed by atoms with Gasteiger partial charge in [-0.3, -0.25) is 0 Å². The first-order valence-corrected chi connectivity index (χ1v) is 7.67. The van der Waals surface area contributed by atoms with E-state index in [-0.39, 0.29) is 0 Å². The third-order valence-electron chi connectivity index (χ3n) is 2.79. The minimum absolute atomic E-state index is 0.296. The van der Waals surface area contributed by atoms with Crippen molar-refractivity contribution in [3.63, 3.8) is 0 Å². The summed E-state index contributed by atoms with van der Waals surface area (Å²) >= 11 is 7.14. The highest BCUT2D eigenvalue weighted by atomic mass is 79.9. The molecule has 1 atom stereocenters. The van der Waals surface area contributed by atoms with Crippen LogP contribution in [0, 0.1) is 6.92 Å². The van der Waals surface area contributed by atoms with E-state index in [0.29, 0.717) is 6.04 Å². The molecular formula is C11H11BrN2S2. The highest BCUT2D eigenvalue weighted by Crippen LogP contribution is 2.36. The lowest BCUT2D eigenvalue weighted by Crippen LogP contribution is -2.29. The molecule has 2 aromatic rings. The van der Waals surface area contributed by atoms with Gasteiger partial charge < -0.3 is 5.32 Å². The molecule has 2 nitrogen and oxygen atoms in total. The number of hydrogen-bond acceptors (Lipinski definition) is 4. The molecule has 0 radical (unpaired) electrons. The van der Waals surface area contributed by atoms with Gasteiger partial charge in [0, 0.05) is 11.4 Å². The molecule has 0 saturated heterocycles. The monoisotopic (exact) mass is 314 g/mol. The number of halogens is 1. The number of aromatic nitrogens is 1. The SMILES string of the molecule is Cc1nc(C2NCCc3sccc32)sc1Br. The standard InChI is InChI=1S/C11H11BrN2S2/c1-6-10(12)16-11(14-6)9-7-3-5-15-8(7)2-4-13-9/h3,5,9,13H,2,4H2,1H3. The maximum absolute atomic E-state index is 4.63. The predicted octanol–water partition coefficient (Wildman–Crippen LogP) is 3.51. The molecule has 5 heteroatoms. The van der Waals surface area contributed by atoms with Crippen LogP contribution in [-0.2, 0) is 6.42 Å². The fourth-order valence-electron chi connectivity index (χ4n) is 1.99. The lowest BCUT2D eigenvalue weighted by molar-refractivity contribution is 0.571. The summed E-state index contributed by atoms with van der Waals surface area (Å²) in [4.78, 5) is 6.13. The Bertz CT molecular complexity index is 498. The van der Waals surface area contributed by atoms with Crippen LogP contribution < -0.4 is 5.32 Å². The summed E-state index contributed by atoms with van der Waals surface area (Å²) < 4.78 is 1.15. The molecule has 1 aliphatic rings. The van der Waals surface area contributed by atoms with Crippen LogP contribution in [0.3, 0.4) is 0 Å². The summed E-state index contributed by atoms with van der Waals surface area (Å²) in [5, 5.41) is 6.90. The zero-order valence-corrected chi connectivity index (χ0v) is 12.0. The quantitative estimate of drug-likeness (QED) is 0.871. The predicted molar refractivity (Wildman–Crippen MR) is 72.4 cm³/mol. The van der Waals surface area contributed by atoms with E-state index in [1.807, 2.05) is 18.3 Å². The number of hydrogen-bond donors (Lipinski definition) is 1. The first-order chi connectivity index (χ1) is 7.75. The van der Waals surface area contributed by atoms with Crippen molar-refractivity contribution in [2.45, 2.75) is 19.4 Å². The van der Waals surface area contributed by atoms with E-state index < -0.39 is 0 Å². The van der Waals surface area contributed by atoms with Crippen molar-refractivity contribution in [2.24, 2.45) is 0 Å². The Morgan fingerprint density at radius 1 is 1.56 bits per heavy atom. The maximum Gasteiger partial charge on any atom is 0.116 e. The molecule has 0 aliphatic carbocycles. The lowest BCUT2D eigenvalue weighted by atomic mass is 10.0. The highest BCUT2D eigenvalue weighted by molar-refractivity contribution is 9.11. The second kappa shape index (κ2) is 4.22. The van der Waals surface area contributed by atoms with E-state index in [9.17, 15) is 0 Å². The van der Waals surface area contributed by atoms with Crippen LogP contribution in [-0.4, -0.2) is 11.5 Å². The van der Waals surface area contributed by atoms with Gasteiger partial charge in [-0.2, -0.15) is 0 Å². The summed E-state index contributed by atoms with van der Waals surface area (Å²) in [6.45, 7) is 3.09. The van der Waals surface area contributed by atoms with Gasteiger partial charge in [0.2, 0.25) is 0 Å². The maximum atomic E-state index is 4.63. The van der Waals surface area contributed by atoms with Crippen molar-refractivity contribution in [2.75, 3.05) is 6.54 Å². The zero-order chi connectivity index (χ0) is 11.1. The first-order valence-electron chi connectivity index (χ1n) is 5.18. The van der Waals surface area contributed by atoms with Crippen molar-refractivity contribution in [1.82, 2.24) is 10.3 Å². The van der Waals surface area contributed by atoms with E-state index in [1.165, 1.54) is 15.4 Å². The molecule has 0 spiro atoms. The Morgan fingerprint density at radius 2 is 2.44 bits per heavy atom. The fourth-order valence-corrected chi connectivity index (χ4v) is 4.39. The Morgan fingerprint density at radius 3 is 3.19 bits per heavy atom. The molecule has 0 fully saturated rings. The minimum Gasteiger partial charge on any atom is -0.304 e. The average molecular weight is 315 g/mol. The number of thiophene rings is 1. The molecule has 1 unspecified atom stereocenters. The van der Waals surface area contributed by atoms with Crippen LogP contribution in [0.1, 0.15) is 27.2 Å². The molecule has 0 aromatic carbocycles. The van der Waals surface area contributed by atoms with E-state index >= 15 is 0 Å². The molecule has 1 aliphatic heterocycles. The zero-order valence-electron chi connectivity index (χ0n) is 8.79. The Hall–Kier alpha value is -0.230. The van der Waals surface area contributed by atoms with Crippen LogP contribution in [0.4, 0.5) is 0 Å². The van der Waals surface area contributed by atoms with Gasteiger partial charge in [0.25, 0.3) is 0 Å². The first kappa shape index (κ1) is 10.9. The van der Waals surface area contributed by atoms with Crippen LogP contribution in [0.25, 0.3) is 0 Å². The molecule has 0 amide bonds. The number of nitrogens with zero attached hydrogens (tertiary/aromatic N) is 1. The number of aryl methyl sites for hydroxylation is 1. The Kier molecular flexibility index (Phi) is 2.87. The van der Waals surface area contributed by atoms with Crippen LogP contribution in [0.2, 0.25) is 0 Å². The third-order valence-corrected chi connectivity index (χ3v) is 5.86. The van der Waals surface area contributed by atoms with Gasteiger partial charge in [-0.15, -0.1) is 22.7 Å². The van der Waals surface area contributed by atoms with Gasteiger partial charge in [-0.05, 0) is 46.3 Å². The molecule has 16 heavy (non-hydrogen) atoms. The van der Waals surface area contributed by atoms with Crippen molar-refractivity contribution < 1.29 is 0 Å². The lowest BCUT2D eigenvalue weighted by Gasteiger charge is -2.22. The number of fused-ring (bicyclic) bond motifs is 1. The molecule has 2 aromatic heterocycles. The number of rotatable bonds is 1. The van der Waals surface area contributed by atoms with E-state index in [4.69, 9.17) is 0 Å². The highest BCUT2D eigenvalue weighted by Gasteiger charge is 2.25. The normalized spacial score (nSPS) is 19.8. The third kappa shape index (κ3) is 1.76. The van der Waals surface area contributed by atoms with Crippen LogP contribution in [0.15, 0.2) is 15.2 Å². The van der Waals surface area contributed by atoms with E-state index in [1.54, 1.807) is 11.3 Å². The largest absolute Gasteiger partial charge is 0.304 e. The minimum atomic E-state index is 0.296. The summed E-state index contributed by atoms with van der Waals surface area (Å²) in [5.41, 5.74) is 2.50. The second-order valence-corrected chi connectivity index (χ2v) is 7.20. The van der Waals surface area contributed by atoms with Gasteiger partial charge in [0.05, 0.1) is 15.5 Å². The molecular weight excluding hydrogens is 304 g/mol. The van der Waals surface area contributed by atoms with Gasteiger partial charge in [0.1, 0.15) is 5.01 Å². The topological polar surface area (TPSA) is 24.9 Å². The molecule has 0 saturated carbocycles. The van der Waals surface area contributed by atoms with Crippen LogP contribution >= 0.6 is 38.6 Å². The van der Waals surface area contributed by atoms with Gasteiger partial charge in [-0.25, -0.2) is 4.98 Å². The molecule has 84 valence electrons. The fraction of sp³-hybridized carbons (Fsp3) is 0.364. The average Bonchev–Trinajstić information content (AvgIpc) is 2.85. The van der Waals surface area contributed by atoms with Crippen molar-refractivity contribution in [3.8, 4) is 0 Å². The van der Waals surface area contributed by atoms with Crippen molar-refractivity contribution in [3.05, 3.63) is 36.4 Å². The van der Waals surface area contributed by atoms with Crippen LogP contribution in [0.5, 0.6) is 0 Å². The number of thiazole rings is 1. The molecule has 3 rings (SSSR count). The Labute approximate surface area is 111 Å². The Balaban J connectivity index is 2.03. The molecule has 3 heterocycles. The summed E-state index contributed by atoms with van der Waals surface area (Å²) in [6, 6.07) is 2.52. The smallest absolute Gasteiger partial charge is 0.116 e. The molecule has 1 N–H and O–H groups in total. The second-order valence-electron chi connectivity index (χ2n) is 3.85. The van der Waals surface area contributed by atoms with Gasteiger partial charge >= 0.3 is 0 Å². The number of nitrogens with one attached hydrogen (secondary N) is 1. The van der Waals surface area contributed by atoms with E-state index in [0.717, 1.165) is 22.4 Å². The summed E-state index contributed by atoms with van der Waals surface area (Å²) in [6.07, 6.45) is 1.15. The van der Waals surface area contributed by atoms with Gasteiger partial charge in [0.15, 0.2) is 0 Å².